The van der Waals surface area contributed by atoms with E-state index >= 15 is 0 Å². The van der Waals surface area contributed by atoms with Gasteiger partial charge in [-0.3, -0.25) is 0 Å². The fraction of sp³-hybridized carbons (Fsp3) is 0.857. The summed E-state index contributed by atoms with van der Waals surface area (Å²) >= 11 is 0. The highest BCUT2D eigenvalue weighted by Gasteiger charge is 2.09. The third-order valence-electron chi connectivity index (χ3n) is 1.66. The van der Waals surface area contributed by atoms with Crippen LogP contribution in [-0.4, -0.2) is 11.0 Å². The quantitative estimate of drug-likeness (QED) is 0.476. The summed E-state index contributed by atoms with van der Waals surface area (Å²) in [5.41, 5.74) is 0.963. The fourth-order valence-electron chi connectivity index (χ4n) is 1.08. The van der Waals surface area contributed by atoms with Crippen molar-refractivity contribution in [3.05, 3.63) is 0 Å². The maximum atomic E-state index is 2.34. The van der Waals surface area contributed by atoms with Crippen LogP contribution >= 0.6 is 8.20 Å². The molecular formula is C7H13P. The second kappa shape index (κ2) is 2.64. The summed E-state index contributed by atoms with van der Waals surface area (Å²) in [6, 6.07) is 0. The molecule has 0 amide bonds. The highest BCUT2D eigenvalue weighted by molar-refractivity contribution is 7.41. The van der Waals surface area contributed by atoms with E-state index < -0.39 is 0 Å². The topological polar surface area (TPSA) is 0 Å². The van der Waals surface area contributed by atoms with E-state index in [0.29, 0.717) is 0 Å². The lowest BCUT2D eigenvalue weighted by molar-refractivity contribution is 0.868. The molecule has 0 spiro atoms. The predicted molar refractivity (Wildman–Crippen MR) is 40.9 cm³/mol. The van der Waals surface area contributed by atoms with Crippen molar-refractivity contribution in [3.8, 4) is 0 Å². The van der Waals surface area contributed by atoms with Crippen molar-refractivity contribution in [3.63, 3.8) is 0 Å². The van der Waals surface area contributed by atoms with Crippen LogP contribution in [0.15, 0.2) is 0 Å². The van der Waals surface area contributed by atoms with Crippen molar-refractivity contribution < 1.29 is 0 Å². The second-order valence-electron chi connectivity index (χ2n) is 2.44. The molecule has 0 aromatic heterocycles. The summed E-state index contributed by atoms with van der Waals surface area (Å²) < 4.78 is 0. The SMILES string of the molecule is CCC1=PC(C)CC1. The Morgan fingerprint density at radius 1 is 1.75 bits per heavy atom. The van der Waals surface area contributed by atoms with E-state index in [-0.39, 0.29) is 0 Å². The fourth-order valence-corrected chi connectivity index (χ4v) is 2.41. The lowest BCUT2D eigenvalue weighted by Gasteiger charge is -1.88. The first-order valence-electron chi connectivity index (χ1n) is 3.38. The second-order valence-corrected chi connectivity index (χ2v) is 4.21. The highest BCUT2D eigenvalue weighted by Crippen LogP contribution is 2.26. The molecule has 1 aliphatic rings. The van der Waals surface area contributed by atoms with Gasteiger partial charge in [-0.2, -0.15) is 0 Å². The van der Waals surface area contributed by atoms with Crippen molar-refractivity contribution in [1.82, 2.24) is 0 Å². The summed E-state index contributed by atoms with van der Waals surface area (Å²) in [6.07, 6.45) is 4.15. The smallest absolute Gasteiger partial charge is 0.00169 e. The lowest BCUT2D eigenvalue weighted by atomic mass is 10.2. The van der Waals surface area contributed by atoms with Crippen molar-refractivity contribution in [2.45, 2.75) is 38.8 Å². The van der Waals surface area contributed by atoms with Crippen molar-refractivity contribution >= 4 is 13.5 Å². The molecule has 0 aliphatic carbocycles. The minimum Gasteiger partial charge on any atom is -0.102 e. The lowest BCUT2D eigenvalue weighted by Crippen LogP contribution is -1.85. The van der Waals surface area contributed by atoms with Crippen LogP contribution in [-0.2, 0) is 0 Å². The monoisotopic (exact) mass is 128 g/mol. The van der Waals surface area contributed by atoms with E-state index in [2.05, 4.69) is 13.8 Å². The Balaban J connectivity index is 2.44. The minimum atomic E-state index is 0.963. The van der Waals surface area contributed by atoms with Crippen LogP contribution in [0, 0.1) is 0 Å². The molecule has 46 valence electrons. The van der Waals surface area contributed by atoms with Gasteiger partial charge in [0.15, 0.2) is 0 Å². The maximum absolute atomic E-state index is 2.34. The Kier molecular flexibility index (Phi) is 2.08. The molecule has 1 heterocycles. The first-order chi connectivity index (χ1) is 3.83. The summed E-state index contributed by atoms with van der Waals surface area (Å²) in [4.78, 5) is 0. The van der Waals surface area contributed by atoms with Gasteiger partial charge in [-0.15, -0.1) is 8.20 Å². The van der Waals surface area contributed by atoms with Gasteiger partial charge >= 0.3 is 0 Å². The van der Waals surface area contributed by atoms with Crippen LogP contribution in [0.5, 0.6) is 0 Å². The van der Waals surface area contributed by atoms with Gasteiger partial charge in [0.25, 0.3) is 0 Å². The largest absolute Gasteiger partial charge is 0.102 e. The average Bonchev–Trinajstić information content (AvgIpc) is 2.14. The van der Waals surface area contributed by atoms with Gasteiger partial charge in [0.05, 0.1) is 0 Å². The summed E-state index contributed by atoms with van der Waals surface area (Å²) in [6.45, 7) is 4.60. The zero-order chi connectivity index (χ0) is 5.98. The molecule has 1 unspecified atom stereocenters. The molecule has 0 radical (unpaired) electrons. The third kappa shape index (κ3) is 1.32. The minimum absolute atomic E-state index is 0.963. The van der Waals surface area contributed by atoms with Gasteiger partial charge in [-0.1, -0.05) is 13.8 Å². The van der Waals surface area contributed by atoms with E-state index in [1.165, 1.54) is 19.3 Å². The molecule has 0 aromatic rings. The molecular weight excluding hydrogens is 115 g/mol. The average molecular weight is 128 g/mol. The standard InChI is InChI=1S/C7H13P/c1-3-7-5-4-6(2)8-7/h6H,3-5H2,1-2H3. The van der Waals surface area contributed by atoms with E-state index in [4.69, 9.17) is 0 Å². The first-order valence-corrected chi connectivity index (χ1v) is 4.35. The molecule has 0 saturated heterocycles. The van der Waals surface area contributed by atoms with Crippen molar-refractivity contribution in [2.24, 2.45) is 0 Å². The molecule has 1 aliphatic heterocycles. The normalized spacial score (nSPS) is 30.2. The highest BCUT2D eigenvalue weighted by atomic mass is 31.1. The molecule has 0 aromatic carbocycles. The molecule has 8 heavy (non-hydrogen) atoms. The Morgan fingerprint density at radius 2 is 2.50 bits per heavy atom. The molecule has 0 fully saturated rings. The van der Waals surface area contributed by atoms with Crippen molar-refractivity contribution in [1.29, 1.82) is 0 Å². The molecule has 0 N–H and O–H groups in total. The van der Waals surface area contributed by atoms with Crippen LogP contribution in [0.2, 0.25) is 0 Å². The molecule has 1 heteroatoms. The predicted octanol–water partition coefficient (Wildman–Crippen LogP) is 2.70. The third-order valence-corrected chi connectivity index (χ3v) is 3.27. The van der Waals surface area contributed by atoms with E-state index in [0.717, 1.165) is 5.66 Å². The van der Waals surface area contributed by atoms with E-state index in [9.17, 15) is 0 Å². The van der Waals surface area contributed by atoms with Gasteiger partial charge in [-0.25, -0.2) is 0 Å². The van der Waals surface area contributed by atoms with Crippen molar-refractivity contribution in [2.75, 3.05) is 0 Å². The van der Waals surface area contributed by atoms with E-state index in [1.54, 1.807) is 13.5 Å². The van der Waals surface area contributed by atoms with Crippen LogP contribution in [0.1, 0.15) is 33.1 Å². The Bertz CT molecular complexity index is 105. The number of hydrogen-bond donors (Lipinski definition) is 0. The molecule has 1 atom stereocenters. The zero-order valence-electron chi connectivity index (χ0n) is 5.65. The summed E-state index contributed by atoms with van der Waals surface area (Å²) in [5, 5.41) is 1.76. The first kappa shape index (κ1) is 6.29. The maximum Gasteiger partial charge on any atom is -0.00169 e. The zero-order valence-corrected chi connectivity index (χ0v) is 6.54. The van der Waals surface area contributed by atoms with Crippen LogP contribution in [0.4, 0.5) is 0 Å². The Labute approximate surface area is 53.1 Å². The number of rotatable bonds is 1. The molecule has 1 rings (SSSR count). The summed E-state index contributed by atoms with van der Waals surface area (Å²) in [7, 11) is 1.64. The molecule has 0 nitrogen and oxygen atoms in total. The van der Waals surface area contributed by atoms with Gasteiger partial charge < -0.3 is 0 Å². The Hall–Kier alpha value is 0.170. The molecule has 0 saturated carbocycles. The summed E-state index contributed by atoms with van der Waals surface area (Å²) in [5.74, 6) is 0. The van der Waals surface area contributed by atoms with Gasteiger partial charge in [0, 0.05) is 0 Å². The number of hydrogen-bond acceptors (Lipinski definition) is 0. The molecule has 0 bridgehead atoms. The van der Waals surface area contributed by atoms with Crippen LogP contribution < -0.4 is 0 Å². The Morgan fingerprint density at radius 3 is 2.75 bits per heavy atom. The van der Waals surface area contributed by atoms with E-state index in [1.807, 2.05) is 0 Å². The van der Waals surface area contributed by atoms with Crippen LogP contribution in [0.25, 0.3) is 0 Å². The van der Waals surface area contributed by atoms with Gasteiger partial charge in [-0.05, 0) is 30.2 Å². The van der Waals surface area contributed by atoms with Gasteiger partial charge in [0.2, 0.25) is 0 Å². The van der Waals surface area contributed by atoms with Gasteiger partial charge in [0.1, 0.15) is 0 Å². The van der Waals surface area contributed by atoms with Crippen LogP contribution in [0.3, 0.4) is 0 Å².